The number of ether oxygens (including phenoxy) is 2. The summed E-state index contributed by atoms with van der Waals surface area (Å²) in [6, 6.07) is 13.8. The second-order valence-corrected chi connectivity index (χ2v) is 13.4. The molecule has 2 saturated heterocycles. The standard InChI is InChI=1S/C32H39N5O5S/c1-22-5-3-6-23(2)30(22)28-20-29-34-32(33-28)35-43(39,40)27-8-4-7-25(19-27)31(38)37-15-14-36(21-26(37)12-18-42-29)13-9-24-10-16-41-17-11-24/h3-8,19-20,24,26H,9-18,21H2,1-2H3,(H,33,34,35)/t26-/m0/s1. The maximum absolute atomic E-state index is 13.8. The van der Waals surface area contributed by atoms with Gasteiger partial charge in [-0.2, -0.15) is 4.98 Å². The minimum absolute atomic E-state index is 0.0226. The Bertz CT molecular complexity index is 1570. The first-order chi connectivity index (χ1) is 20.8. The molecule has 0 unspecified atom stereocenters. The van der Waals surface area contributed by atoms with Gasteiger partial charge in [-0.3, -0.25) is 9.69 Å². The number of anilines is 1. The number of hydrogen-bond acceptors (Lipinski definition) is 8. The van der Waals surface area contributed by atoms with E-state index in [1.54, 1.807) is 18.2 Å². The molecule has 3 aliphatic rings. The zero-order valence-corrected chi connectivity index (χ0v) is 25.6. The van der Waals surface area contributed by atoms with E-state index < -0.39 is 10.0 Å². The van der Waals surface area contributed by atoms with Crippen LogP contribution >= 0.6 is 0 Å². The zero-order valence-electron chi connectivity index (χ0n) is 24.8. The van der Waals surface area contributed by atoms with Gasteiger partial charge in [0.2, 0.25) is 11.8 Å². The molecule has 1 amide bonds. The smallest absolute Gasteiger partial charge is 0.264 e. The molecule has 10 nitrogen and oxygen atoms in total. The van der Waals surface area contributed by atoms with Crippen LogP contribution in [0.25, 0.3) is 11.3 Å². The molecule has 2 fully saturated rings. The highest BCUT2D eigenvalue weighted by atomic mass is 32.2. The topological polar surface area (TPSA) is 114 Å². The van der Waals surface area contributed by atoms with Gasteiger partial charge in [0.15, 0.2) is 0 Å². The average molecular weight is 606 g/mol. The van der Waals surface area contributed by atoms with Gasteiger partial charge in [0.05, 0.1) is 17.2 Å². The first-order valence-corrected chi connectivity index (χ1v) is 16.6. The van der Waals surface area contributed by atoms with E-state index in [4.69, 9.17) is 9.47 Å². The Morgan fingerprint density at radius 3 is 2.51 bits per heavy atom. The highest BCUT2D eigenvalue weighted by Gasteiger charge is 2.32. The van der Waals surface area contributed by atoms with Crippen LogP contribution in [-0.2, 0) is 14.8 Å². The number of rotatable bonds is 4. The summed E-state index contributed by atoms with van der Waals surface area (Å²) >= 11 is 0. The van der Waals surface area contributed by atoms with Crippen LogP contribution in [0.4, 0.5) is 5.95 Å². The molecular formula is C32H39N5O5S. The van der Waals surface area contributed by atoms with Gasteiger partial charge in [-0.15, -0.1) is 0 Å². The second-order valence-electron chi connectivity index (χ2n) is 11.7. The molecule has 0 spiro atoms. The lowest BCUT2D eigenvalue weighted by Crippen LogP contribution is -2.55. The van der Waals surface area contributed by atoms with E-state index in [1.165, 1.54) is 12.1 Å². The molecule has 4 bridgehead atoms. The van der Waals surface area contributed by atoms with Crippen molar-refractivity contribution in [2.24, 2.45) is 5.92 Å². The summed E-state index contributed by atoms with van der Waals surface area (Å²) in [5.41, 5.74) is 3.85. The first-order valence-electron chi connectivity index (χ1n) is 15.1. The minimum Gasteiger partial charge on any atom is -0.477 e. The van der Waals surface area contributed by atoms with E-state index >= 15 is 0 Å². The van der Waals surface area contributed by atoms with Gasteiger partial charge in [0.1, 0.15) is 0 Å². The predicted molar refractivity (Wildman–Crippen MR) is 164 cm³/mol. The number of aryl methyl sites for hydroxylation is 2. The van der Waals surface area contributed by atoms with Crippen LogP contribution in [-0.4, -0.2) is 86.1 Å². The van der Waals surface area contributed by atoms with Gasteiger partial charge in [0.25, 0.3) is 15.9 Å². The summed E-state index contributed by atoms with van der Waals surface area (Å²) in [7, 11) is -4.09. The zero-order chi connectivity index (χ0) is 30.0. The fourth-order valence-corrected chi connectivity index (χ4v) is 7.36. The molecule has 2 aromatic carbocycles. The molecule has 11 heteroatoms. The van der Waals surface area contributed by atoms with Crippen molar-refractivity contribution >= 4 is 21.9 Å². The van der Waals surface area contributed by atoms with Crippen molar-refractivity contribution in [2.75, 3.05) is 50.7 Å². The third-order valence-corrected chi connectivity index (χ3v) is 10.1. The molecule has 3 aliphatic heterocycles. The summed E-state index contributed by atoms with van der Waals surface area (Å²) in [5, 5.41) is 0. The van der Waals surface area contributed by atoms with Crippen molar-refractivity contribution in [3.63, 3.8) is 0 Å². The van der Waals surface area contributed by atoms with Gasteiger partial charge < -0.3 is 14.4 Å². The number of sulfonamides is 1. The van der Waals surface area contributed by atoms with E-state index in [0.717, 1.165) is 68.8 Å². The molecule has 0 aliphatic carbocycles. The molecule has 4 heterocycles. The molecule has 0 radical (unpaired) electrons. The van der Waals surface area contributed by atoms with Gasteiger partial charge in [0, 0.05) is 62.5 Å². The van der Waals surface area contributed by atoms with Gasteiger partial charge in [-0.05, 0) is 74.9 Å². The number of carbonyl (C=O) groups excluding carboxylic acids is 1. The molecule has 3 aromatic rings. The van der Waals surface area contributed by atoms with Crippen LogP contribution in [0.5, 0.6) is 5.88 Å². The lowest BCUT2D eigenvalue weighted by Gasteiger charge is -2.42. The highest BCUT2D eigenvalue weighted by molar-refractivity contribution is 7.92. The van der Waals surface area contributed by atoms with Crippen LogP contribution < -0.4 is 9.46 Å². The lowest BCUT2D eigenvalue weighted by molar-refractivity contribution is 0.0335. The predicted octanol–water partition coefficient (Wildman–Crippen LogP) is 4.29. The molecule has 228 valence electrons. The first kappa shape index (κ1) is 29.5. The Balaban J connectivity index is 1.32. The van der Waals surface area contributed by atoms with Gasteiger partial charge in [-0.25, -0.2) is 18.1 Å². The number of amides is 1. The summed E-state index contributed by atoms with van der Waals surface area (Å²) in [6.45, 7) is 9.06. The largest absolute Gasteiger partial charge is 0.477 e. The maximum atomic E-state index is 13.8. The number of piperazine rings is 1. The van der Waals surface area contributed by atoms with Crippen molar-refractivity contribution in [3.05, 3.63) is 65.2 Å². The fraction of sp³-hybridized carbons (Fsp3) is 0.469. The van der Waals surface area contributed by atoms with Crippen LogP contribution in [0.15, 0.2) is 53.4 Å². The number of hydrogen-bond donors (Lipinski definition) is 1. The second kappa shape index (κ2) is 12.6. The number of fused-ring (bicyclic) bond motifs is 5. The number of aromatic nitrogens is 2. The van der Waals surface area contributed by atoms with Crippen LogP contribution in [0, 0.1) is 19.8 Å². The Kier molecular flexibility index (Phi) is 8.65. The van der Waals surface area contributed by atoms with Crippen molar-refractivity contribution in [3.8, 4) is 17.1 Å². The molecule has 1 atom stereocenters. The van der Waals surface area contributed by atoms with E-state index in [0.29, 0.717) is 36.7 Å². The van der Waals surface area contributed by atoms with E-state index in [9.17, 15) is 13.2 Å². The van der Waals surface area contributed by atoms with Gasteiger partial charge >= 0.3 is 0 Å². The third-order valence-electron chi connectivity index (χ3n) is 8.78. The monoisotopic (exact) mass is 605 g/mol. The normalized spacial score (nSPS) is 21.3. The van der Waals surface area contributed by atoms with Crippen LogP contribution in [0.2, 0.25) is 0 Å². The quantitative estimate of drug-likeness (QED) is 0.469. The molecule has 1 aromatic heterocycles. The SMILES string of the molecule is Cc1cccc(C)c1-c1cc2nc(n1)NS(=O)(=O)c1cccc(c1)C(=O)N1CCN(CCC3CCOCC3)C[C@@H]1CCO2. The van der Waals surface area contributed by atoms with Crippen LogP contribution in [0.1, 0.15) is 47.2 Å². The van der Waals surface area contributed by atoms with Gasteiger partial charge in [-0.1, -0.05) is 24.3 Å². The van der Waals surface area contributed by atoms with E-state index in [1.807, 2.05) is 36.9 Å². The maximum Gasteiger partial charge on any atom is 0.264 e. The minimum atomic E-state index is -4.09. The summed E-state index contributed by atoms with van der Waals surface area (Å²) in [6.07, 6.45) is 3.95. The van der Waals surface area contributed by atoms with E-state index in [2.05, 4.69) is 19.6 Å². The Morgan fingerprint density at radius 2 is 1.72 bits per heavy atom. The highest BCUT2D eigenvalue weighted by Crippen LogP contribution is 2.30. The number of benzene rings is 2. The van der Waals surface area contributed by atoms with Crippen molar-refractivity contribution < 1.29 is 22.7 Å². The van der Waals surface area contributed by atoms with Crippen molar-refractivity contribution in [1.29, 1.82) is 0 Å². The van der Waals surface area contributed by atoms with Crippen molar-refractivity contribution in [2.45, 2.75) is 50.5 Å². The number of nitrogens with one attached hydrogen (secondary N) is 1. The number of nitrogens with zero attached hydrogens (tertiary/aromatic N) is 4. The fourth-order valence-electron chi connectivity index (χ4n) is 6.37. The summed E-state index contributed by atoms with van der Waals surface area (Å²) < 4.78 is 41.2. The third kappa shape index (κ3) is 6.68. The molecular weight excluding hydrogens is 566 g/mol. The lowest BCUT2D eigenvalue weighted by atomic mass is 9.96. The summed E-state index contributed by atoms with van der Waals surface area (Å²) in [4.78, 5) is 27.1. The number of carbonyl (C=O) groups is 1. The Hall–Kier alpha value is -3.54. The Labute approximate surface area is 253 Å². The summed E-state index contributed by atoms with van der Waals surface area (Å²) in [5.74, 6) is 0.705. The van der Waals surface area contributed by atoms with E-state index in [-0.39, 0.29) is 28.7 Å². The Morgan fingerprint density at radius 1 is 0.953 bits per heavy atom. The molecule has 43 heavy (non-hydrogen) atoms. The molecule has 6 rings (SSSR count). The van der Waals surface area contributed by atoms with Crippen molar-refractivity contribution in [1.82, 2.24) is 19.8 Å². The average Bonchev–Trinajstić information content (AvgIpc) is 3.00. The molecule has 0 saturated carbocycles. The molecule has 1 N–H and O–H groups in total. The van der Waals surface area contributed by atoms with Crippen LogP contribution in [0.3, 0.4) is 0 Å².